The van der Waals surface area contributed by atoms with E-state index in [9.17, 15) is 18.0 Å². The summed E-state index contributed by atoms with van der Waals surface area (Å²) in [4.78, 5) is 23.6. The monoisotopic (exact) mass is 339 g/mol. The molecule has 23 heavy (non-hydrogen) atoms. The number of esters is 1. The Morgan fingerprint density at radius 2 is 1.91 bits per heavy atom. The topological polar surface area (TPSA) is 89.5 Å². The summed E-state index contributed by atoms with van der Waals surface area (Å²) in [7, 11) is -3.01. The van der Waals surface area contributed by atoms with Crippen LogP contribution < -0.4 is 5.32 Å². The Hall–Kier alpha value is -1.89. The molecule has 1 aromatic carbocycles. The van der Waals surface area contributed by atoms with E-state index in [2.05, 4.69) is 5.32 Å². The number of carbonyl (C=O) groups is 2. The van der Waals surface area contributed by atoms with Crippen LogP contribution in [0, 0.1) is 19.8 Å². The number of nitrogens with one attached hydrogen (secondary N) is 1. The van der Waals surface area contributed by atoms with Gasteiger partial charge in [-0.3, -0.25) is 9.59 Å². The van der Waals surface area contributed by atoms with Gasteiger partial charge in [0, 0.05) is 12.1 Å². The van der Waals surface area contributed by atoms with E-state index in [4.69, 9.17) is 4.74 Å². The van der Waals surface area contributed by atoms with Gasteiger partial charge in [-0.05, 0) is 37.3 Å². The Morgan fingerprint density at radius 1 is 1.26 bits per heavy atom. The fourth-order valence-electron chi connectivity index (χ4n) is 2.66. The second-order valence-electron chi connectivity index (χ2n) is 5.95. The molecule has 1 saturated heterocycles. The Kier molecular flexibility index (Phi) is 5.41. The highest BCUT2D eigenvalue weighted by atomic mass is 32.2. The summed E-state index contributed by atoms with van der Waals surface area (Å²) in [6.45, 7) is 3.40. The average Bonchev–Trinajstić information content (AvgIpc) is 2.80. The zero-order valence-corrected chi connectivity index (χ0v) is 14.1. The predicted octanol–water partition coefficient (Wildman–Crippen LogP) is 1.61. The van der Waals surface area contributed by atoms with E-state index in [1.165, 1.54) is 0 Å². The number of hydrogen-bond donors (Lipinski definition) is 1. The second-order valence-corrected chi connectivity index (χ2v) is 8.18. The van der Waals surface area contributed by atoms with Crippen LogP contribution in [0.25, 0.3) is 0 Å². The fraction of sp³-hybridized carbons (Fsp3) is 0.500. The lowest BCUT2D eigenvalue weighted by atomic mass is 10.1. The first-order valence-corrected chi connectivity index (χ1v) is 9.31. The van der Waals surface area contributed by atoms with Crippen molar-refractivity contribution in [3.8, 4) is 0 Å². The Labute approximate surface area is 136 Å². The van der Waals surface area contributed by atoms with Gasteiger partial charge >= 0.3 is 5.97 Å². The van der Waals surface area contributed by atoms with Crippen molar-refractivity contribution in [1.29, 1.82) is 0 Å². The molecule has 0 radical (unpaired) electrons. The minimum atomic E-state index is -3.01. The highest BCUT2D eigenvalue weighted by Gasteiger charge is 2.30. The summed E-state index contributed by atoms with van der Waals surface area (Å²) < 4.78 is 27.6. The van der Waals surface area contributed by atoms with Gasteiger partial charge in [0.1, 0.15) is 0 Å². The van der Waals surface area contributed by atoms with E-state index in [0.29, 0.717) is 6.42 Å². The van der Waals surface area contributed by atoms with Gasteiger partial charge in [-0.2, -0.15) is 0 Å². The van der Waals surface area contributed by atoms with Crippen molar-refractivity contribution in [2.75, 3.05) is 23.4 Å². The zero-order valence-electron chi connectivity index (χ0n) is 13.3. The summed E-state index contributed by atoms with van der Waals surface area (Å²) in [5.41, 5.74) is 2.58. The van der Waals surface area contributed by atoms with E-state index in [-0.39, 0.29) is 30.5 Å². The molecular formula is C16H21NO5S. The molecule has 1 aliphatic rings. The maximum atomic E-state index is 11.9. The molecule has 1 N–H and O–H groups in total. The van der Waals surface area contributed by atoms with Crippen LogP contribution in [-0.4, -0.2) is 38.4 Å². The Morgan fingerprint density at radius 3 is 2.48 bits per heavy atom. The summed E-state index contributed by atoms with van der Waals surface area (Å²) >= 11 is 0. The Balaban J connectivity index is 1.79. The lowest BCUT2D eigenvalue weighted by Gasteiger charge is -2.12. The molecule has 2 rings (SSSR count). The third kappa shape index (κ3) is 5.06. The van der Waals surface area contributed by atoms with Crippen molar-refractivity contribution >= 4 is 27.4 Å². The summed E-state index contributed by atoms with van der Waals surface area (Å²) in [5.74, 6) is -0.998. The molecule has 1 aliphatic heterocycles. The predicted molar refractivity (Wildman–Crippen MR) is 86.9 cm³/mol. The van der Waals surface area contributed by atoms with Crippen LogP contribution in [0.2, 0.25) is 0 Å². The quantitative estimate of drug-likeness (QED) is 0.823. The molecule has 1 heterocycles. The van der Waals surface area contributed by atoms with Crippen molar-refractivity contribution in [3.05, 3.63) is 29.3 Å². The van der Waals surface area contributed by atoms with Crippen LogP contribution in [0.4, 0.5) is 5.69 Å². The molecule has 0 spiro atoms. The van der Waals surface area contributed by atoms with E-state index >= 15 is 0 Å². The SMILES string of the molecule is Cc1cccc(C)c1NC(=O)COC(=O)C[C@H]1CCS(=O)(=O)C1. The number of anilines is 1. The third-order valence-electron chi connectivity index (χ3n) is 3.89. The number of benzene rings is 1. The fourth-order valence-corrected chi connectivity index (χ4v) is 4.52. The van der Waals surface area contributed by atoms with E-state index in [0.717, 1.165) is 16.8 Å². The number of carbonyl (C=O) groups excluding carboxylic acids is 2. The molecule has 7 heteroatoms. The molecule has 0 aliphatic carbocycles. The lowest BCUT2D eigenvalue weighted by molar-refractivity contribution is -0.148. The molecule has 1 amide bonds. The van der Waals surface area contributed by atoms with Crippen LogP contribution in [0.1, 0.15) is 24.0 Å². The first-order chi connectivity index (χ1) is 10.8. The van der Waals surface area contributed by atoms with E-state index in [1.807, 2.05) is 32.0 Å². The van der Waals surface area contributed by atoms with Gasteiger partial charge in [-0.15, -0.1) is 0 Å². The number of sulfone groups is 1. The van der Waals surface area contributed by atoms with Crippen LogP contribution in [0.5, 0.6) is 0 Å². The molecule has 126 valence electrons. The largest absolute Gasteiger partial charge is 0.456 e. The minimum absolute atomic E-state index is 0.0245. The van der Waals surface area contributed by atoms with E-state index < -0.39 is 21.7 Å². The molecule has 6 nitrogen and oxygen atoms in total. The van der Waals surface area contributed by atoms with Gasteiger partial charge in [-0.25, -0.2) is 8.42 Å². The average molecular weight is 339 g/mol. The van der Waals surface area contributed by atoms with Crippen molar-refractivity contribution in [3.63, 3.8) is 0 Å². The molecule has 1 fully saturated rings. The molecule has 1 atom stereocenters. The number of rotatable bonds is 5. The summed E-state index contributed by atoms with van der Waals surface area (Å²) in [6.07, 6.45) is 0.516. The van der Waals surface area contributed by atoms with Crippen molar-refractivity contribution < 1.29 is 22.7 Å². The van der Waals surface area contributed by atoms with Crippen LogP contribution >= 0.6 is 0 Å². The van der Waals surface area contributed by atoms with Gasteiger partial charge in [0.25, 0.3) is 5.91 Å². The van der Waals surface area contributed by atoms with Crippen LogP contribution in [0.15, 0.2) is 18.2 Å². The first kappa shape index (κ1) is 17.5. The van der Waals surface area contributed by atoms with Gasteiger partial charge in [0.15, 0.2) is 16.4 Å². The zero-order chi connectivity index (χ0) is 17.0. The second kappa shape index (κ2) is 7.12. The highest BCUT2D eigenvalue weighted by Crippen LogP contribution is 2.22. The van der Waals surface area contributed by atoms with Gasteiger partial charge in [0.05, 0.1) is 11.5 Å². The third-order valence-corrected chi connectivity index (χ3v) is 5.73. The van der Waals surface area contributed by atoms with Crippen LogP contribution in [-0.2, 0) is 24.2 Å². The number of ether oxygens (including phenoxy) is 1. The standard InChI is InChI=1S/C16H21NO5S/c1-11-4-3-5-12(2)16(11)17-14(18)9-22-15(19)8-13-6-7-23(20,21)10-13/h3-5,13H,6-10H2,1-2H3,(H,17,18)/t13-/m1/s1. The first-order valence-electron chi connectivity index (χ1n) is 7.49. The molecule has 0 saturated carbocycles. The molecular weight excluding hydrogens is 318 g/mol. The summed E-state index contributed by atoms with van der Waals surface area (Å²) in [5, 5.41) is 2.73. The van der Waals surface area contributed by atoms with Gasteiger partial charge in [-0.1, -0.05) is 18.2 Å². The number of amides is 1. The number of para-hydroxylation sites is 1. The van der Waals surface area contributed by atoms with Crippen molar-refractivity contribution in [2.24, 2.45) is 5.92 Å². The maximum Gasteiger partial charge on any atom is 0.306 e. The maximum absolute atomic E-state index is 11.9. The van der Waals surface area contributed by atoms with Gasteiger partial charge in [0.2, 0.25) is 0 Å². The number of aryl methyl sites for hydroxylation is 2. The smallest absolute Gasteiger partial charge is 0.306 e. The van der Waals surface area contributed by atoms with Crippen molar-refractivity contribution in [2.45, 2.75) is 26.7 Å². The molecule has 0 unspecified atom stereocenters. The lowest BCUT2D eigenvalue weighted by Crippen LogP contribution is -2.23. The normalized spacial score (nSPS) is 19.3. The molecule has 0 bridgehead atoms. The Bertz CT molecular complexity index is 691. The molecule has 0 aromatic heterocycles. The number of hydrogen-bond acceptors (Lipinski definition) is 5. The summed E-state index contributed by atoms with van der Waals surface area (Å²) in [6, 6.07) is 5.67. The van der Waals surface area contributed by atoms with Gasteiger partial charge < -0.3 is 10.1 Å². The molecule has 1 aromatic rings. The highest BCUT2D eigenvalue weighted by molar-refractivity contribution is 7.91. The minimum Gasteiger partial charge on any atom is -0.456 e. The van der Waals surface area contributed by atoms with Crippen molar-refractivity contribution in [1.82, 2.24) is 0 Å². The van der Waals surface area contributed by atoms with E-state index in [1.54, 1.807) is 0 Å². The van der Waals surface area contributed by atoms with Crippen LogP contribution in [0.3, 0.4) is 0 Å².